The summed E-state index contributed by atoms with van der Waals surface area (Å²) in [5.41, 5.74) is 1.35. The van der Waals surface area contributed by atoms with Crippen LogP contribution in [0.4, 0.5) is 0 Å². The fourth-order valence-electron chi connectivity index (χ4n) is 1.80. The lowest BCUT2D eigenvalue weighted by Gasteiger charge is -2.13. The highest BCUT2D eigenvalue weighted by Crippen LogP contribution is 2.04. The molecule has 0 aliphatic heterocycles. The minimum absolute atomic E-state index is 0.373. The second-order valence-corrected chi connectivity index (χ2v) is 4.41. The molecule has 0 heterocycles. The van der Waals surface area contributed by atoms with E-state index in [0.29, 0.717) is 6.10 Å². The van der Waals surface area contributed by atoms with Crippen LogP contribution in [0.15, 0.2) is 30.3 Å². The Labute approximate surface area is 105 Å². The number of benzene rings is 1. The molecule has 2 nitrogen and oxygen atoms in total. The molecule has 0 bridgehead atoms. The van der Waals surface area contributed by atoms with E-state index in [1.165, 1.54) is 12.0 Å². The zero-order chi connectivity index (χ0) is 12.3. The van der Waals surface area contributed by atoms with Gasteiger partial charge in [0.05, 0.1) is 12.7 Å². The van der Waals surface area contributed by atoms with Gasteiger partial charge in [-0.25, -0.2) is 0 Å². The molecule has 0 radical (unpaired) electrons. The summed E-state index contributed by atoms with van der Waals surface area (Å²) in [7, 11) is 0. The van der Waals surface area contributed by atoms with Crippen molar-refractivity contribution in [2.75, 3.05) is 19.7 Å². The Balaban J connectivity index is 2.02. The molecule has 0 saturated heterocycles. The fraction of sp³-hybridized carbons (Fsp3) is 0.600. The van der Waals surface area contributed by atoms with Crippen molar-refractivity contribution in [3.8, 4) is 0 Å². The van der Waals surface area contributed by atoms with E-state index in [0.717, 1.165) is 32.5 Å². The summed E-state index contributed by atoms with van der Waals surface area (Å²) < 4.78 is 5.80. The number of hydrogen-bond donors (Lipinski definition) is 1. The molecule has 2 heteroatoms. The minimum atomic E-state index is 0.373. The van der Waals surface area contributed by atoms with E-state index in [2.05, 4.69) is 43.4 Å². The van der Waals surface area contributed by atoms with E-state index in [1.807, 2.05) is 6.07 Å². The standard InChI is InChI=1S/C15H25NO/c1-3-16-12-7-8-14(2)17-13-11-15-9-5-4-6-10-15/h4-6,9-10,14,16H,3,7-8,11-13H2,1-2H3. The number of nitrogens with one attached hydrogen (secondary N) is 1. The highest BCUT2D eigenvalue weighted by atomic mass is 16.5. The molecule has 0 amide bonds. The highest BCUT2D eigenvalue weighted by Gasteiger charge is 2.01. The van der Waals surface area contributed by atoms with Crippen LogP contribution < -0.4 is 5.32 Å². The Morgan fingerprint density at radius 3 is 2.71 bits per heavy atom. The molecule has 0 aromatic heterocycles. The molecular formula is C15H25NO. The molecule has 1 aromatic rings. The Hall–Kier alpha value is -0.860. The van der Waals surface area contributed by atoms with Crippen LogP contribution in [0, 0.1) is 0 Å². The molecule has 1 atom stereocenters. The molecule has 0 aliphatic rings. The molecule has 0 fully saturated rings. The van der Waals surface area contributed by atoms with Crippen LogP contribution in [-0.2, 0) is 11.2 Å². The Morgan fingerprint density at radius 2 is 2.00 bits per heavy atom. The smallest absolute Gasteiger partial charge is 0.0547 e. The number of hydrogen-bond acceptors (Lipinski definition) is 2. The molecule has 0 saturated carbocycles. The van der Waals surface area contributed by atoms with Gasteiger partial charge in [0.1, 0.15) is 0 Å². The third-order valence-electron chi connectivity index (χ3n) is 2.85. The van der Waals surface area contributed by atoms with Gasteiger partial charge in [-0.1, -0.05) is 37.3 Å². The maximum Gasteiger partial charge on any atom is 0.0547 e. The first-order valence-corrected chi connectivity index (χ1v) is 6.69. The summed E-state index contributed by atoms with van der Waals surface area (Å²) in [5.74, 6) is 0. The van der Waals surface area contributed by atoms with Gasteiger partial charge in [-0.2, -0.15) is 0 Å². The first kappa shape index (κ1) is 14.2. The fourth-order valence-corrected chi connectivity index (χ4v) is 1.80. The van der Waals surface area contributed by atoms with Crippen LogP contribution >= 0.6 is 0 Å². The topological polar surface area (TPSA) is 21.3 Å². The second kappa shape index (κ2) is 9.20. The van der Waals surface area contributed by atoms with Gasteiger partial charge in [0.15, 0.2) is 0 Å². The van der Waals surface area contributed by atoms with E-state index < -0.39 is 0 Å². The van der Waals surface area contributed by atoms with Crippen molar-refractivity contribution in [2.24, 2.45) is 0 Å². The molecular weight excluding hydrogens is 210 g/mol. The zero-order valence-electron chi connectivity index (χ0n) is 11.1. The molecule has 1 N–H and O–H groups in total. The Morgan fingerprint density at radius 1 is 1.24 bits per heavy atom. The third-order valence-corrected chi connectivity index (χ3v) is 2.85. The van der Waals surface area contributed by atoms with Crippen LogP contribution in [0.5, 0.6) is 0 Å². The largest absolute Gasteiger partial charge is 0.378 e. The van der Waals surface area contributed by atoms with Gasteiger partial charge in [0, 0.05) is 0 Å². The van der Waals surface area contributed by atoms with Gasteiger partial charge >= 0.3 is 0 Å². The van der Waals surface area contributed by atoms with Crippen LogP contribution in [0.1, 0.15) is 32.3 Å². The SMILES string of the molecule is CCNCCCC(C)OCCc1ccccc1. The summed E-state index contributed by atoms with van der Waals surface area (Å²) in [6.45, 7) is 7.29. The van der Waals surface area contributed by atoms with E-state index in [9.17, 15) is 0 Å². The zero-order valence-corrected chi connectivity index (χ0v) is 11.1. The molecule has 1 rings (SSSR count). The van der Waals surface area contributed by atoms with Crippen molar-refractivity contribution < 1.29 is 4.74 Å². The van der Waals surface area contributed by atoms with Crippen LogP contribution in [-0.4, -0.2) is 25.8 Å². The maximum absolute atomic E-state index is 5.80. The van der Waals surface area contributed by atoms with Gasteiger partial charge < -0.3 is 10.1 Å². The summed E-state index contributed by atoms with van der Waals surface area (Å²) >= 11 is 0. The van der Waals surface area contributed by atoms with Crippen molar-refractivity contribution in [2.45, 2.75) is 39.2 Å². The van der Waals surface area contributed by atoms with Crippen molar-refractivity contribution >= 4 is 0 Å². The third kappa shape index (κ3) is 7.14. The molecule has 1 unspecified atom stereocenters. The lowest BCUT2D eigenvalue weighted by atomic mass is 10.1. The number of rotatable bonds is 9. The first-order valence-electron chi connectivity index (χ1n) is 6.69. The van der Waals surface area contributed by atoms with Gasteiger partial charge in [0.25, 0.3) is 0 Å². The molecule has 1 aromatic carbocycles. The van der Waals surface area contributed by atoms with Crippen molar-refractivity contribution in [1.82, 2.24) is 5.32 Å². The lowest BCUT2D eigenvalue weighted by molar-refractivity contribution is 0.0612. The summed E-state index contributed by atoms with van der Waals surface area (Å²) in [6.07, 6.45) is 3.72. The second-order valence-electron chi connectivity index (χ2n) is 4.41. The van der Waals surface area contributed by atoms with E-state index >= 15 is 0 Å². The summed E-state index contributed by atoms with van der Waals surface area (Å²) in [4.78, 5) is 0. The first-order chi connectivity index (χ1) is 8.33. The van der Waals surface area contributed by atoms with Crippen LogP contribution in [0.3, 0.4) is 0 Å². The molecule has 17 heavy (non-hydrogen) atoms. The normalized spacial score (nSPS) is 12.6. The van der Waals surface area contributed by atoms with E-state index in [1.54, 1.807) is 0 Å². The Kier molecular flexibility index (Phi) is 7.69. The predicted molar refractivity (Wildman–Crippen MR) is 73.3 cm³/mol. The van der Waals surface area contributed by atoms with Crippen LogP contribution in [0.25, 0.3) is 0 Å². The molecule has 0 spiro atoms. The maximum atomic E-state index is 5.80. The lowest BCUT2D eigenvalue weighted by Crippen LogP contribution is -2.17. The molecule has 96 valence electrons. The Bertz CT molecular complexity index is 274. The van der Waals surface area contributed by atoms with Gasteiger partial charge in [-0.15, -0.1) is 0 Å². The van der Waals surface area contributed by atoms with E-state index in [-0.39, 0.29) is 0 Å². The average Bonchev–Trinajstić information content (AvgIpc) is 2.36. The quantitative estimate of drug-likeness (QED) is 0.664. The minimum Gasteiger partial charge on any atom is -0.378 e. The average molecular weight is 235 g/mol. The van der Waals surface area contributed by atoms with Crippen molar-refractivity contribution in [1.29, 1.82) is 0 Å². The highest BCUT2D eigenvalue weighted by molar-refractivity contribution is 5.14. The summed E-state index contributed by atoms with van der Waals surface area (Å²) in [5, 5.41) is 3.33. The van der Waals surface area contributed by atoms with E-state index in [4.69, 9.17) is 4.74 Å². The monoisotopic (exact) mass is 235 g/mol. The summed E-state index contributed by atoms with van der Waals surface area (Å²) in [6, 6.07) is 10.5. The molecule has 0 aliphatic carbocycles. The van der Waals surface area contributed by atoms with Gasteiger partial charge in [-0.3, -0.25) is 0 Å². The van der Waals surface area contributed by atoms with Crippen LogP contribution in [0.2, 0.25) is 0 Å². The van der Waals surface area contributed by atoms with Gasteiger partial charge in [-0.05, 0) is 44.8 Å². The number of ether oxygens (including phenoxy) is 1. The predicted octanol–water partition coefficient (Wildman–Crippen LogP) is 3.02. The van der Waals surface area contributed by atoms with Crippen molar-refractivity contribution in [3.05, 3.63) is 35.9 Å². The van der Waals surface area contributed by atoms with Crippen molar-refractivity contribution in [3.63, 3.8) is 0 Å². The van der Waals surface area contributed by atoms with Gasteiger partial charge in [0.2, 0.25) is 0 Å².